The molecule has 0 radical (unpaired) electrons. The van der Waals surface area contributed by atoms with Crippen LogP contribution in [0.15, 0.2) is 113 Å². The van der Waals surface area contributed by atoms with Crippen molar-refractivity contribution < 1.29 is 14.0 Å². The topological polar surface area (TPSA) is 71.1 Å². The molecule has 8 heteroatoms. The van der Waals surface area contributed by atoms with Crippen LogP contribution in [0.2, 0.25) is 0 Å². The van der Waals surface area contributed by atoms with Gasteiger partial charge >= 0.3 is 0 Å². The van der Waals surface area contributed by atoms with Gasteiger partial charge in [0.15, 0.2) is 5.13 Å². The molecule has 0 saturated carbocycles. The van der Waals surface area contributed by atoms with Gasteiger partial charge in [-0.3, -0.25) is 9.59 Å². The van der Waals surface area contributed by atoms with Crippen molar-refractivity contribution in [1.29, 1.82) is 0 Å². The van der Waals surface area contributed by atoms with Crippen molar-refractivity contribution in [3.63, 3.8) is 0 Å². The van der Waals surface area contributed by atoms with E-state index in [1.54, 1.807) is 24.3 Å². The van der Waals surface area contributed by atoms with Crippen LogP contribution in [-0.4, -0.2) is 16.8 Å². The van der Waals surface area contributed by atoms with E-state index in [0.29, 0.717) is 22.1 Å². The van der Waals surface area contributed by atoms with Gasteiger partial charge in [-0.25, -0.2) is 9.37 Å². The van der Waals surface area contributed by atoms with Gasteiger partial charge in [-0.2, -0.15) is 0 Å². The van der Waals surface area contributed by atoms with Gasteiger partial charge in [0.25, 0.3) is 5.91 Å². The monoisotopic (exact) mass is 553 g/mol. The van der Waals surface area contributed by atoms with Gasteiger partial charge in [0.05, 0.1) is 5.69 Å². The molecule has 4 aromatic carbocycles. The number of nitrogens with zero attached hydrogens (tertiary/aromatic N) is 1. The number of carbonyl (C=O) groups is 2. The normalized spacial score (nSPS) is 11.5. The lowest BCUT2D eigenvalue weighted by Gasteiger charge is -2.17. The third-order valence-corrected chi connectivity index (χ3v) is 7.88. The molecule has 39 heavy (non-hydrogen) atoms. The number of thiazole rings is 1. The molecule has 0 aliphatic heterocycles. The average molecular weight is 554 g/mol. The standard InChI is InChI=1S/C31H24FN3O2S2/c1-20-10-12-23(13-11-20)29(36)33-25-8-5-9-26(18-25)39-28(22-6-3-2-4-7-22)30(37)35-31-34-27(19-38-31)21-14-16-24(32)17-15-21/h2-19,28H,1H3,(H,33,36)(H,34,35,37). The molecule has 2 N–H and O–H groups in total. The highest BCUT2D eigenvalue weighted by Gasteiger charge is 2.23. The average Bonchev–Trinajstić information content (AvgIpc) is 3.41. The summed E-state index contributed by atoms with van der Waals surface area (Å²) in [7, 11) is 0. The summed E-state index contributed by atoms with van der Waals surface area (Å²) in [6, 6.07) is 30.4. The minimum Gasteiger partial charge on any atom is -0.322 e. The molecule has 0 aliphatic carbocycles. The van der Waals surface area contributed by atoms with E-state index in [9.17, 15) is 14.0 Å². The molecule has 0 fully saturated rings. The lowest BCUT2D eigenvalue weighted by atomic mass is 10.1. The first kappa shape index (κ1) is 26.3. The van der Waals surface area contributed by atoms with E-state index in [0.717, 1.165) is 21.6 Å². The SMILES string of the molecule is Cc1ccc(C(=O)Nc2cccc(SC(C(=O)Nc3nc(-c4ccc(F)cc4)cs3)c3ccccc3)c2)cc1. The minimum atomic E-state index is -0.563. The lowest BCUT2D eigenvalue weighted by molar-refractivity contribution is -0.115. The molecule has 1 aromatic heterocycles. The fourth-order valence-electron chi connectivity index (χ4n) is 3.85. The highest BCUT2D eigenvalue weighted by molar-refractivity contribution is 8.00. The lowest BCUT2D eigenvalue weighted by Crippen LogP contribution is -2.19. The smallest absolute Gasteiger partial charge is 0.255 e. The highest BCUT2D eigenvalue weighted by atomic mass is 32.2. The summed E-state index contributed by atoms with van der Waals surface area (Å²) in [4.78, 5) is 31.6. The third kappa shape index (κ3) is 6.79. The second-order valence-corrected chi connectivity index (χ2v) is 10.8. The van der Waals surface area contributed by atoms with Crippen LogP contribution in [0, 0.1) is 12.7 Å². The summed E-state index contributed by atoms with van der Waals surface area (Å²) < 4.78 is 13.3. The van der Waals surface area contributed by atoms with E-state index >= 15 is 0 Å². The summed E-state index contributed by atoms with van der Waals surface area (Å²) >= 11 is 2.70. The molecule has 0 spiro atoms. The van der Waals surface area contributed by atoms with Gasteiger partial charge in [-0.1, -0.05) is 54.1 Å². The first-order valence-corrected chi connectivity index (χ1v) is 13.9. The maximum Gasteiger partial charge on any atom is 0.255 e. The number of benzene rings is 4. The van der Waals surface area contributed by atoms with Crippen molar-refractivity contribution in [2.75, 3.05) is 10.6 Å². The van der Waals surface area contributed by atoms with E-state index in [1.807, 2.05) is 79.0 Å². The van der Waals surface area contributed by atoms with Crippen molar-refractivity contribution in [3.05, 3.63) is 131 Å². The zero-order valence-electron chi connectivity index (χ0n) is 20.9. The van der Waals surface area contributed by atoms with E-state index in [-0.39, 0.29) is 17.6 Å². The number of thioether (sulfide) groups is 1. The van der Waals surface area contributed by atoms with Crippen LogP contribution in [-0.2, 0) is 4.79 Å². The largest absolute Gasteiger partial charge is 0.322 e. The van der Waals surface area contributed by atoms with Crippen molar-refractivity contribution in [1.82, 2.24) is 4.98 Å². The van der Waals surface area contributed by atoms with E-state index in [1.165, 1.54) is 35.2 Å². The number of halogens is 1. The van der Waals surface area contributed by atoms with Crippen LogP contribution in [0.1, 0.15) is 26.7 Å². The van der Waals surface area contributed by atoms with E-state index in [4.69, 9.17) is 0 Å². The number of anilines is 2. The Bertz CT molecular complexity index is 1590. The van der Waals surface area contributed by atoms with Gasteiger partial charge < -0.3 is 10.6 Å². The van der Waals surface area contributed by atoms with Gasteiger partial charge in [0, 0.05) is 27.1 Å². The van der Waals surface area contributed by atoms with Gasteiger partial charge in [-0.05, 0) is 67.1 Å². The van der Waals surface area contributed by atoms with Crippen LogP contribution in [0.4, 0.5) is 15.2 Å². The number of rotatable bonds is 8. The van der Waals surface area contributed by atoms with Crippen LogP contribution >= 0.6 is 23.1 Å². The Morgan fingerprint density at radius 2 is 1.62 bits per heavy atom. The molecule has 1 unspecified atom stereocenters. The molecule has 1 atom stereocenters. The number of hydrogen-bond acceptors (Lipinski definition) is 5. The zero-order valence-corrected chi connectivity index (χ0v) is 22.6. The second kappa shape index (κ2) is 12.1. The minimum absolute atomic E-state index is 0.199. The van der Waals surface area contributed by atoms with Crippen LogP contribution in [0.3, 0.4) is 0 Å². The number of hydrogen-bond donors (Lipinski definition) is 2. The maximum absolute atomic E-state index is 13.5. The summed E-state index contributed by atoms with van der Waals surface area (Å²) in [6.45, 7) is 1.97. The van der Waals surface area contributed by atoms with E-state index in [2.05, 4.69) is 15.6 Å². The molecule has 194 valence electrons. The fraction of sp³-hybridized carbons (Fsp3) is 0.0645. The number of amides is 2. The number of nitrogens with one attached hydrogen (secondary N) is 2. The molecule has 5 rings (SSSR count). The summed E-state index contributed by atoms with van der Waals surface area (Å²) in [5, 5.41) is 7.60. The molecular formula is C31H24FN3O2S2. The molecule has 0 bridgehead atoms. The molecule has 1 heterocycles. The summed E-state index contributed by atoms with van der Waals surface area (Å²) in [6.07, 6.45) is 0. The van der Waals surface area contributed by atoms with Crippen molar-refractivity contribution >= 4 is 45.7 Å². The Balaban J connectivity index is 1.33. The van der Waals surface area contributed by atoms with Gasteiger partial charge in [-0.15, -0.1) is 23.1 Å². The Labute approximate surface area is 234 Å². The number of aromatic nitrogens is 1. The van der Waals surface area contributed by atoms with Crippen molar-refractivity contribution in [2.24, 2.45) is 0 Å². The quantitative estimate of drug-likeness (QED) is 0.191. The zero-order chi connectivity index (χ0) is 27.2. The first-order valence-electron chi connectivity index (χ1n) is 12.2. The van der Waals surface area contributed by atoms with Gasteiger partial charge in [0.1, 0.15) is 11.1 Å². The van der Waals surface area contributed by atoms with E-state index < -0.39 is 5.25 Å². The Hall–Kier alpha value is -4.27. The Kier molecular flexibility index (Phi) is 8.15. The van der Waals surface area contributed by atoms with Crippen LogP contribution in [0.5, 0.6) is 0 Å². The fourth-order valence-corrected chi connectivity index (χ4v) is 5.65. The van der Waals surface area contributed by atoms with Crippen molar-refractivity contribution in [3.8, 4) is 11.3 Å². The Morgan fingerprint density at radius 3 is 2.36 bits per heavy atom. The van der Waals surface area contributed by atoms with Gasteiger partial charge in [0.2, 0.25) is 5.91 Å². The summed E-state index contributed by atoms with van der Waals surface area (Å²) in [5.41, 5.74) is 4.57. The van der Waals surface area contributed by atoms with Crippen LogP contribution in [0.25, 0.3) is 11.3 Å². The van der Waals surface area contributed by atoms with Crippen LogP contribution < -0.4 is 10.6 Å². The predicted octanol–water partition coefficient (Wildman–Crippen LogP) is 7.98. The molecular weight excluding hydrogens is 529 g/mol. The maximum atomic E-state index is 13.5. The highest BCUT2D eigenvalue weighted by Crippen LogP contribution is 2.37. The summed E-state index contributed by atoms with van der Waals surface area (Å²) in [5.74, 6) is -0.737. The Morgan fingerprint density at radius 1 is 0.872 bits per heavy atom. The second-order valence-electron chi connectivity index (χ2n) is 8.79. The number of carbonyl (C=O) groups excluding carboxylic acids is 2. The predicted molar refractivity (Wildman–Crippen MR) is 157 cm³/mol. The first-order chi connectivity index (χ1) is 18.9. The molecule has 2 amide bonds. The molecule has 0 saturated heterocycles. The number of aryl methyl sites for hydroxylation is 1. The van der Waals surface area contributed by atoms with Crippen molar-refractivity contribution in [2.45, 2.75) is 17.1 Å². The molecule has 5 nitrogen and oxygen atoms in total. The third-order valence-electron chi connectivity index (χ3n) is 5.87. The molecule has 0 aliphatic rings. The molecule has 5 aromatic rings.